The van der Waals surface area contributed by atoms with Crippen molar-refractivity contribution in [3.05, 3.63) is 60.4 Å². The minimum Gasteiger partial charge on any atom is -0.487 e. The van der Waals surface area contributed by atoms with Gasteiger partial charge in [-0.25, -0.2) is 9.38 Å². The van der Waals surface area contributed by atoms with Crippen molar-refractivity contribution < 1.29 is 18.7 Å². The van der Waals surface area contributed by atoms with Crippen molar-refractivity contribution in [2.45, 2.75) is 11.7 Å². The standard InChI is InChI=1S/C18H15FN2O3S/c19-12-6-8-13(9-7-12)20-16(22)10-15-18(23)21-17(25-15)11-24-14-4-2-1-3-5-14/h1-9,15H,10-11H2,(H,20,22)/t15-/m0/s1. The van der Waals surface area contributed by atoms with Gasteiger partial charge in [0, 0.05) is 12.1 Å². The Balaban J connectivity index is 1.48. The number of halogens is 1. The third-order valence-corrected chi connectivity index (χ3v) is 4.53. The first-order valence-corrected chi connectivity index (χ1v) is 8.49. The number of anilines is 1. The van der Waals surface area contributed by atoms with Gasteiger partial charge >= 0.3 is 0 Å². The summed E-state index contributed by atoms with van der Waals surface area (Å²) in [5.74, 6) is -0.351. The van der Waals surface area contributed by atoms with E-state index in [0.29, 0.717) is 16.5 Å². The maximum absolute atomic E-state index is 12.9. The fourth-order valence-corrected chi connectivity index (χ4v) is 3.19. The number of aliphatic imine (C=N–C) groups is 1. The van der Waals surface area contributed by atoms with Gasteiger partial charge in [0.15, 0.2) is 0 Å². The second-order valence-electron chi connectivity index (χ2n) is 5.31. The van der Waals surface area contributed by atoms with Gasteiger partial charge in [-0.1, -0.05) is 30.0 Å². The van der Waals surface area contributed by atoms with Gasteiger partial charge in [0.1, 0.15) is 28.5 Å². The molecule has 0 unspecified atom stereocenters. The van der Waals surface area contributed by atoms with Gasteiger partial charge < -0.3 is 10.1 Å². The molecule has 0 saturated heterocycles. The van der Waals surface area contributed by atoms with Crippen LogP contribution in [-0.2, 0) is 9.59 Å². The Morgan fingerprint density at radius 1 is 1.16 bits per heavy atom. The molecule has 0 radical (unpaired) electrons. The number of hydrogen-bond acceptors (Lipinski definition) is 4. The van der Waals surface area contributed by atoms with Crippen LogP contribution in [0.25, 0.3) is 0 Å². The van der Waals surface area contributed by atoms with E-state index in [2.05, 4.69) is 10.3 Å². The maximum Gasteiger partial charge on any atom is 0.260 e. The molecule has 3 rings (SSSR count). The Labute approximate surface area is 148 Å². The molecule has 0 aliphatic carbocycles. The summed E-state index contributed by atoms with van der Waals surface area (Å²) in [6.07, 6.45) is -0.000780. The smallest absolute Gasteiger partial charge is 0.260 e. The number of hydrogen-bond donors (Lipinski definition) is 1. The Bertz CT molecular complexity index is 794. The molecule has 0 bridgehead atoms. The molecule has 0 aromatic heterocycles. The molecule has 5 nitrogen and oxygen atoms in total. The van der Waals surface area contributed by atoms with Crippen LogP contribution in [0.1, 0.15) is 6.42 Å². The number of nitrogens with zero attached hydrogens (tertiary/aromatic N) is 1. The van der Waals surface area contributed by atoms with Gasteiger partial charge in [-0.15, -0.1) is 0 Å². The van der Waals surface area contributed by atoms with Crippen molar-refractivity contribution in [1.29, 1.82) is 0 Å². The minimum atomic E-state index is -0.560. The number of carbonyl (C=O) groups is 2. The summed E-state index contributed by atoms with van der Waals surface area (Å²) in [6, 6.07) is 14.7. The molecule has 0 saturated carbocycles. The molecule has 1 N–H and O–H groups in total. The van der Waals surface area contributed by atoms with E-state index in [4.69, 9.17) is 4.74 Å². The molecule has 2 aromatic rings. The largest absolute Gasteiger partial charge is 0.487 e. The second kappa shape index (κ2) is 7.94. The Kier molecular flexibility index (Phi) is 5.45. The molecule has 2 aromatic carbocycles. The van der Waals surface area contributed by atoms with Crippen LogP contribution < -0.4 is 10.1 Å². The molecule has 128 valence electrons. The van der Waals surface area contributed by atoms with Gasteiger partial charge in [-0.2, -0.15) is 0 Å². The molecule has 1 heterocycles. The maximum atomic E-state index is 12.9. The van der Waals surface area contributed by atoms with E-state index in [1.807, 2.05) is 30.3 Å². The first-order valence-electron chi connectivity index (χ1n) is 7.61. The molecular formula is C18H15FN2O3S. The minimum absolute atomic E-state index is 0.000780. The lowest BCUT2D eigenvalue weighted by atomic mass is 10.2. The van der Waals surface area contributed by atoms with E-state index < -0.39 is 5.25 Å². The molecule has 1 aliphatic heterocycles. The third-order valence-electron chi connectivity index (χ3n) is 3.39. The summed E-state index contributed by atoms with van der Waals surface area (Å²) in [5, 5.41) is 2.63. The summed E-state index contributed by atoms with van der Waals surface area (Å²) >= 11 is 1.23. The molecule has 1 aliphatic rings. The number of nitrogens with one attached hydrogen (secondary N) is 1. The van der Waals surface area contributed by atoms with Crippen molar-refractivity contribution in [3.8, 4) is 5.75 Å². The van der Waals surface area contributed by atoms with E-state index in [1.165, 1.54) is 36.0 Å². The Morgan fingerprint density at radius 3 is 2.60 bits per heavy atom. The number of ether oxygens (including phenoxy) is 1. The lowest BCUT2D eigenvalue weighted by Crippen LogP contribution is -2.21. The molecule has 0 fully saturated rings. The number of carbonyl (C=O) groups excluding carboxylic acids is 2. The van der Waals surface area contributed by atoms with Crippen molar-refractivity contribution in [2.75, 3.05) is 11.9 Å². The zero-order chi connectivity index (χ0) is 17.6. The average molecular weight is 358 g/mol. The van der Waals surface area contributed by atoms with E-state index in [0.717, 1.165) is 0 Å². The third kappa shape index (κ3) is 4.90. The number of benzene rings is 2. The van der Waals surface area contributed by atoms with Crippen LogP contribution in [0.4, 0.5) is 10.1 Å². The Morgan fingerprint density at radius 2 is 1.88 bits per heavy atom. The quantitative estimate of drug-likeness (QED) is 0.861. The van der Waals surface area contributed by atoms with E-state index in [9.17, 15) is 14.0 Å². The van der Waals surface area contributed by atoms with E-state index in [-0.39, 0.29) is 30.7 Å². The lowest BCUT2D eigenvalue weighted by Gasteiger charge is -2.09. The number of thioether (sulfide) groups is 1. The Hall–Kier alpha value is -2.67. The van der Waals surface area contributed by atoms with Crippen LogP contribution in [0.5, 0.6) is 5.75 Å². The van der Waals surface area contributed by atoms with Crippen LogP contribution in [0.3, 0.4) is 0 Å². The van der Waals surface area contributed by atoms with Gasteiger partial charge in [0.2, 0.25) is 5.91 Å². The van der Waals surface area contributed by atoms with Gasteiger partial charge in [0.25, 0.3) is 5.91 Å². The van der Waals surface area contributed by atoms with Crippen molar-refractivity contribution in [1.82, 2.24) is 0 Å². The van der Waals surface area contributed by atoms with E-state index in [1.54, 1.807) is 0 Å². The molecule has 25 heavy (non-hydrogen) atoms. The highest BCUT2D eigenvalue weighted by molar-refractivity contribution is 8.15. The van der Waals surface area contributed by atoms with Crippen molar-refractivity contribution in [3.63, 3.8) is 0 Å². The molecule has 0 spiro atoms. The monoisotopic (exact) mass is 358 g/mol. The molecular weight excluding hydrogens is 343 g/mol. The van der Waals surface area contributed by atoms with E-state index >= 15 is 0 Å². The fraction of sp³-hybridized carbons (Fsp3) is 0.167. The number of para-hydroxylation sites is 1. The average Bonchev–Trinajstić information content (AvgIpc) is 2.96. The first-order chi connectivity index (χ1) is 12.1. The van der Waals surface area contributed by atoms with Crippen LogP contribution in [-0.4, -0.2) is 28.7 Å². The molecule has 7 heteroatoms. The van der Waals surface area contributed by atoms with Gasteiger partial charge in [-0.3, -0.25) is 9.59 Å². The van der Waals surface area contributed by atoms with Gasteiger partial charge in [0.05, 0.1) is 0 Å². The molecule has 2 amide bonds. The zero-order valence-electron chi connectivity index (χ0n) is 13.1. The first kappa shape index (κ1) is 17.2. The van der Waals surface area contributed by atoms with Crippen LogP contribution in [0.15, 0.2) is 59.6 Å². The summed E-state index contributed by atoms with van der Waals surface area (Å²) < 4.78 is 18.4. The highest BCUT2D eigenvalue weighted by Crippen LogP contribution is 2.26. The number of amides is 2. The van der Waals surface area contributed by atoms with Gasteiger partial charge in [-0.05, 0) is 36.4 Å². The van der Waals surface area contributed by atoms with Crippen LogP contribution in [0.2, 0.25) is 0 Å². The lowest BCUT2D eigenvalue weighted by molar-refractivity contribution is -0.121. The predicted octanol–water partition coefficient (Wildman–Crippen LogP) is 3.27. The number of rotatable bonds is 6. The summed E-state index contributed by atoms with van der Waals surface area (Å²) in [6.45, 7) is 0.191. The van der Waals surface area contributed by atoms with Crippen LogP contribution >= 0.6 is 11.8 Å². The zero-order valence-corrected chi connectivity index (χ0v) is 14.0. The van der Waals surface area contributed by atoms with Crippen molar-refractivity contribution >= 4 is 34.3 Å². The normalized spacial score (nSPS) is 16.4. The predicted molar refractivity (Wildman–Crippen MR) is 95.4 cm³/mol. The SMILES string of the molecule is O=C(C[C@@H]1SC(COc2ccccc2)=NC1=O)Nc1ccc(F)cc1. The summed E-state index contributed by atoms with van der Waals surface area (Å²) in [5.41, 5.74) is 0.482. The second-order valence-corrected chi connectivity index (χ2v) is 6.59. The fourth-order valence-electron chi connectivity index (χ4n) is 2.21. The summed E-state index contributed by atoms with van der Waals surface area (Å²) in [7, 11) is 0. The highest BCUT2D eigenvalue weighted by Gasteiger charge is 2.30. The molecule has 1 atom stereocenters. The van der Waals surface area contributed by atoms with Crippen LogP contribution in [0, 0.1) is 5.82 Å². The van der Waals surface area contributed by atoms with Crippen molar-refractivity contribution in [2.24, 2.45) is 4.99 Å². The topological polar surface area (TPSA) is 67.8 Å². The summed E-state index contributed by atoms with van der Waals surface area (Å²) in [4.78, 5) is 27.9. The highest BCUT2D eigenvalue weighted by atomic mass is 32.2.